The monoisotopic (exact) mass is 393 g/mol. The SMILES string of the molecule is CC1(C)c2ccccc2-c2ccc(-c3ccc([N+](=O)[O-])c(Br)c3)cc21. The van der Waals surface area contributed by atoms with Crippen molar-refractivity contribution in [3.8, 4) is 22.3 Å². The lowest BCUT2D eigenvalue weighted by atomic mass is 9.81. The van der Waals surface area contributed by atoms with Crippen LogP contribution in [0.15, 0.2) is 65.1 Å². The first kappa shape index (κ1) is 16.0. The molecule has 3 nitrogen and oxygen atoms in total. The fraction of sp³-hybridized carbons (Fsp3) is 0.143. The van der Waals surface area contributed by atoms with E-state index < -0.39 is 0 Å². The van der Waals surface area contributed by atoms with Crippen LogP contribution in [0.2, 0.25) is 0 Å². The van der Waals surface area contributed by atoms with Crippen LogP contribution in [0.25, 0.3) is 22.3 Å². The summed E-state index contributed by atoms with van der Waals surface area (Å²) in [5, 5.41) is 11.0. The number of benzene rings is 3. The highest BCUT2D eigenvalue weighted by Crippen LogP contribution is 2.49. The quantitative estimate of drug-likeness (QED) is 0.377. The summed E-state index contributed by atoms with van der Waals surface area (Å²) in [6.07, 6.45) is 0. The van der Waals surface area contributed by atoms with Crippen LogP contribution < -0.4 is 0 Å². The fourth-order valence-corrected chi connectivity index (χ4v) is 4.24. The Kier molecular flexibility index (Phi) is 3.55. The minimum Gasteiger partial charge on any atom is -0.258 e. The fourth-order valence-electron chi connectivity index (χ4n) is 3.72. The van der Waals surface area contributed by atoms with Gasteiger partial charge in [-0.05, 0) is 67.5 Å². The van der Waals surface area contributed by atoms with Gasteiger partial charge in [0, 0.05) is 11.5 Å². The van der Waals surface area contributed by atoms with Gasteiger partial charge in [-0.25, -0.2) is 0 Å². The second kappa shape index (κ2) is 5.53. The van der Waals surface area contributed by atoms with Crippen molar-refractivity contribution in [2.45, 2.75) is 19.3 Å². The maximum Gasteiger partial charge on any atom is 0.283 e. The number of rotatable bonds is 2. The van der Waals surface area contributed by atoms with Crippen molar-refractivity contribution in [2.75, 3.05) is 0 Å². The van der Waals surface area contributed by atoms with E-state index in [1.54, 1.807) is 12.1 Å². The topological polar surface area (TPSA) is 43.1 Å². The lowest BCUT2D eigenvalue weighted by Crippen LogP contribution is -2.14. The molecule has 0 aromatic heterocycles. The average molecular weight is 394 g/mol. The molecule has 3 aromatic rings. The molecule has 0 saturated heterocycles. The van der Waals surface area contributed by atoms with E-state index in [9.17, 15) is 10.1 Å². The first-order valence-electron chi connectivity index (χ1n) is 8.08. The molecule has 1 aliphatic carbocycles. The first-order chi connectivity index (χ1) is 11.9. The van der Waals surface area contributed by atoms with E-state index in [0.717, 1.165) is 11.1 Å². The molecule has 1 aliphatic rings. The van der Waals surface area contributed by atoms with Gasteiger partial charge in [0.25, 0.3) is 5.69 Å². The van der Waals surface area contributed by atoms with E-state index in [-0.39, 0.29) is 16.0 Å². The summed E-state index contributed by atoms with van der Waals surface area (Å²) in [4.78, 5) is 10.6. The van der Waals surface area contributed by atoms with Crippen LogP contribution in [-0.2, 0) is 5.41 Å². The minimum absolute atomic E-state index is 0.0556. The first-order valence-corrected chi connectivity index (χ1v) is 8.87. The van der Waals surface area contributed by atoms with Crippen molar-refractivity contribution >= 4 is 21.6 Å². The van der Waals surface area contributed by atoms with E-state index in [1.807, 2.05) is 6.07 Å². The van der Waals surface area contributed by atoms with E-state index in [2.05, 4.69) is 72.2 Å². The predicted octanol–water partition coefficient (Wildman–Crippen LogP) is 6.33. The zero-order valence-electron chi connectivity index (χ0n) is 13.9. The molecular formula is C21H16BrNO2. The molecule has 0 spiro atoms. The Morgan fingerprint density at radius 3 is 2.24 bits per heavy atom. The van der Waals surface area contributed by atoms with Gasteiger partial charge in [0.1, 0.15) is 0 Å². The van der Waals surface area contributed by atoms with Gasteiger partial charge in [0.2, 0.25) is 0 Å². The van der Waals surface area contributed by atoms with Crippen LogP contribution in [0.3, 0.4) is 0 Å². The number of fused-ring (bicyclic) bond motifs is 3. The summed E-state index contributed by atoms with van der Waals surface area (Å²) >= 11 is 3.31. The van der Waals surface area contributed by atoms with Crippen LogP contribution in [0, 0.1) is 10.1 Å². The average Bonchev–Trinajstić information content (AvgIpc) is 2.82. The second-order valence-corrected chi connectivity index (χ2v) is 7.71. The van der Waals surface area contributed by atoms with Crippen molar-refractivity contribution in [2.24, 2.45) is 0 Å². The molecule has 25 heavy (non-hydrogen) atoms. The summed E-state index contributed by atoms with van der Waals surface area (Å²) in [6.45, 7) is 4.49. The van der Waals surface area contributed by atoms with E-state index in [1.165, 1.54) is 22.3 Å². The van der Waals surface area contributed by atoms with Crippen LogP contribution >= 0.6 is 15.9 Å². The Balaban J connectivity index is 1.85. The van der Waals surface area contributed by atoms with Crippen molar-refractivity contribution in [1.82, 2.24) is 0 Å². The molecule has 4 heteroatoms. The molecule has 0 unspecified atom stereocenters. The van der Waals surface area contributed by atoms with Gasteiger partial charge in [-0.3, -0.25) is 10.1 Å². The molecule has 4 rings (SSSR count). The van der Waals surface area contributed by atoms with Gasteiger partial charge >= 0.3 is 0 Å². The molecular weight excluding hydrogens is 378 g/mol. The number of hydrogen-bond acceptors (Lipinski definition) is 2. The summed E-state index contributed by atoms with van der Waals surface area (Å²) < 4.78 is 0.498. The minimum atomic E-state index is -0.379. The molecule has 124 valence electrons. The zero-order valence-corrected chi connectivity index (χ0v) is 15.5. The van der Waals surface area contributed by atoms with Gasteiger partial charge in [-0.1, -0.05) is 50.2 Å². The molecule has 0 radical (unpaired) electrons. The zero-order chi connectivity index (χ0) is 17.8. The Labute approximate surface area is 154 Å². The van der Waals surface area contributed by atoms with E-state index in [4.69, 9.17) is 0 Å². The van der Waals surface area contributed by atoms with Crippen LogP contribution in [0.4, 0.5) is 5.69 Å². The molecule has 0 saturated carbocycles. The van der Waals surface area contributed by atoms with Gasteiger partial charge in [-0.2, -0.15) is 0 Å². The van der Waals surface area contributed by atoms with Gasteiger partial charge < -0.3 is 0 Å². The molecule has 0 bridgehead atoms. The number of halogens is 1. The summed E-state index contributed by atoms with van der Waals surface area (Å²) in [6, 6.07) is 20.1. The maximum absolute atomic E-state index is 11.0. The Bertz CT molecular complexity index is 1020. The van der Waals surface area contributed by atoms with E-state index >= 15 is 0 Å². The molecule has 3 aromatic carbocycles. The summed E-state index contributed by atoms with van der Waals surface area (Å²) in [5.74, 6) is 0. The standard InChI is InChI=1S/C21H16BrNO2/c1-21(2)17-6-4-3-5-15(17)16-9-7-13(11-18(16)21)14-8-10-20(23(24)25)19(22)12-14/h3-12H,1-2H3. The summed E-state index contributed by atoms with van der Waals surface area (Å²) in [5.41, 5.74) is 7.25. The molecule has 0 aliphatic heterocycles. The molecule has 0 amide bonds. The largest absolute Gasteiger partial charge is 0.283 e. The van der Waals surface area contributed by atoms with E-state index in [0.29, 0.717) is 4.47 Å². The second-order valence-electron chi connectivity index (χ2n) is 6.85. The molecule has 0 atom stereocenters. The van der Waals surface area contributed by atoms with Gasteiger partial charge in [0.05, 0.1) is 9.40 Å². The third kappa shape index (κ3) is 2.40. The highest BCUT2D eigenvalue weighted by molar-refractivity contribution is 9.10. The van der Waals surface area contributed by atoms with Gasteiger partial charge in [-0.15, -0.1) is 0 Å². The highest BCUT2D eigenvalue weighted by atomic mass is 79.9. The molecule has 0 N–H and O–H groups in total. The van der Waals surface area contributed by atoms with Crippen molar-refractivity contribution < 1.29 is 4.92 Å². The van der Waals surface area contributed by atoms with Gasteiger partial charge in [0.15, 0.2) is 0 Å². The number of nitrogens with zero attached hydrogens (tertiary/aromatic N) is 1. The van der Waals surface area contributed by atoms with Crippen molar-refractivity contribution in [1.29, 1.82) is 0 Å². The third-order valence-corrected chi connectivity index (χ3v) is 5.70. The highest BCUT2D eigenvalue weighted by Gasteiger charge is 2.35. The van der Waals surface area contributed by atoms with Crippen LogP contribution in [0.5, 0.6) is 0 Å². The lowest BCUT2D eigenvalue weighted by Gasteiger charge is -2.22. The van der Waals surface area contributed by atoms with Crippen molar-refractivity contribution in [3.63, 3.8) is 0 Å². The summed E-state index contributed by atoms with van der Waals surface area (Å²) in [7, 11) is 0. The van der Waals surface area contributed by atoms with Crippen LogP contribution in [0.1, 0.15) is 25.0 Å². The molecule has 0 heterocycles. The maximum atomic E-state index is 11.0. The Hall–Kier alpha value is -2.46. The van der Waals surface area contributed by atoms with Crippen molar-refractivity contribution in [3.05, 3.63) is 86.4 Å². The smallest absolute Gasteiger partial charge is 0.258 e. The Morgan fingerprint density at radius 1 is 0.880 bits per heavy atom. The number of nitro groups is 1. The molecule has 0 fully saturated rings. The predicted molar refractivity (Wildman–Crippen MR) is 104 cm³/mol. The number of hydrogen-bond donors (Lipinski definition) is 0. The van der Waals surface area contributed by atoms with Crippen LogP contribution in [-0.4, -0.2) is 4.92 Å². The number of nitro benzene ring substituents is 1. The lowest BCUT2D eigenvalue weighted by molar-refractivity contribution is -0.385. The third-order valence-electron chi connectivity index (χ3n) is 5.06. The Morgan fingerprint density at radius 2 is 1.52 bits per heavy atom. The normalized spacial score (nSPS) is 14.0.